The zero-order valence-electron chi connectivity index (χ0n) is 11.2. The molecule has 2 aromatic rings. The Balaban J connectivity index is 0.00000133. The molecule has 1 aromatic carbocycles. The summed E-state index contributed by atoms with van der Waals surface area (Å²) in [4.78, 5) is 7.27. The standard InChI is InChI=1S/C14H20N4.ClH/c1-17-12-6-3-2-5-11(12)16-14(17)13-7-4-9-18(13)10-8-15;/h2-3,5-6,13H,4,7-10,15H2,1H3;1H. The highest BCUT2D eigenvalue weighted by Gasteiger charge is 2.28. The molecule has 1 aromatic heterocycles. The van der Waals surface area contributed by atoms with Crippen LogP contribution in [0.3, 0.4) is 0 Å². The van der Waals surface area contributed by atoms with E-state index in [9.17, 15) is 0 Å². The van der Waals surface area contributed by atoms with Crippen LogP contribution in [-0.4, -0.2) is 34.1 Å². The monoisotopic (exact) mass is 280 g/mol. The molecule has 1 aliphatic heterocycles. The largest absolute Gasteiger partial charge is 0.330 e. The fourth-order valence-corrected chi connectivity index (χ4v) is 3.01. The molecule has 3 rings (SSSR count). The van der Waals surface area contributed by atoms with Crippen LogP contribution in [0, 0.1) is 0 Å². The van der Waals surface area contributed by atoms with Crippen molar-refractivity contribution < 1.29 is 0 Å². The molecule has 2 N–H and O–H groups in total. The minimum Gasteiger partial charge on any atom is -0.330 e. The van der Waals surface area contributed by atoms with E-state index in [2.05, 4.69) is 34.7 Å². The Bertz CT molecular complexity index is 551. The van der Waals surface area contributed by atoms with E-state index in [-0.39, 0.29) is 12.4 Å². The van der Waals surface area contributed by atoms with E-state index in [0.717, 1.165) is 25.2 Å². The summed E-state index contributed by atoms with van der Waals surface area (Å²) in [6.07, 6.45) is 2.44. The van der Waals surface area contributed by atoms with Crippen molar-refractivity contribution in [3.63, 3.8) is 0 Å². The van der Waals surface area contributed by atoms with E-state index in [0.29, 0.717) is 6.04 Å². The molecular weight excluding hydrogens is 260 g/mol. The van der Waals surface area contributed by atoms with Crippen molar-refractivity contribution in [1.82, 2.24) is 14.5 Å². The molecule has 5 heteroatoms. The number of benzene rings is 1. The molecule has 104 valence electrons. The van der Waals surface area contributed by atoms with Gasteiger partial charge in [0.1, 0.15) is 5.82 Å². The third-order valence-corrected chi connectivity index (χ3v) is 3.90. The van der Waals surface area contributed by atoms with Crippen LogP contribution in [0.25, 0.3) is 11.0 Å². The lowest BCUT2D eigenvalue weighted by Gasteiger charge is -2.23. The van der Waals surface area contributed by atoms with Crippen molar-refractivity contribution in [2.45, 2.75) is 18.9 Å². The normalized spacial score (nSPS) is 19.8. The molecule has 4 nitrogen and oxygen atoms in total. The third kappa shape index (κ3) is 2.48. The summed E-state index contributed by atoms with van der Waals surface area (Å²) in [5.41, 5.74) is 8.00. The summed E-state index contributed by atoms with van der Waals surface area (Å²) in [5, 5.41) is 0. The molecule has 0 radical (unpaired) electrons. The van der Waals surface area contributed by atoms with Crippen LogP contribution in [-0.2, 0) is 7.05 Å². The molecule has 1 atom stereocenters. The highest BCUT2D eigenvalue weighted by Crippen LogP contribution is 2.32. The van der Waals surface area contributed by atoms with Gasteiger partial charge in [-0.25, -0.2) is 4.98 Å². The first-order valence-electron chi connectivity index (χ1n) is 6.66. The number of halogens is 1. The van der Waals surface area contributed by atoms with Gasteiger partial charge in [-0.2, -0.15) is 0 Å². The number of aromatic nitrogens is 2. The van der Waals surface area contributed by atoms with Gasteiger partial charge >= 0.3 is 0 Å². The third-order valence-electron chi connectivity index (χ3n) is 3.90. The molecule has 0 aliphatic carbocycles. The Kier molecular flexibility index (Phi) is 4.45. The second-order valence-electron chi connectivity index (χ2n) is 5.00. The van der Waals surface area contributed by atoms with E-state index < -0.39 is 0 Å². The average molecular weight is 281 g/mol. The molecule has 1 saturated heterocycles. The molecule has 1 unspecified atom stereocenters. The summed E-state index contributed by atoms with van der Waals surface area (Å²) < 4.78 is 2.23. The minimum atomic E-state index is 0. The molecule has 1 aliphatic rings. The van der Waals surface area contributed by atoms with E-state index in [1.54, 1.807) is 0 Å². The van der Waals surface area contributed by atoms with E-state index in [4.69, 9.17) is 10.7 Å². The summed E-state index contributed by atoms with van der Waals surface area (Å²) in [6, 6.07) is 8.77. The van der Waals surface area contributed by atoms with Crippen molar-refractivity contribution >= 4 is 23.4 Å². The van der Waals surface area contributed by atoms with Gasteiger partial charge in [0.25, 0.3) is 0 Å². The maximum Gasteiger partial charge on any atom is 0.127 e. The molecule has 19 heavy (non-hydrogen) atoms. The number of fused-ring (bicyclic) bond motifs is 1. The number of aryl methyl sites for hydroxylation is 1. The summed E-state index contributed by atoms with van der Waals surface area (Å²) in [6.45, 7) is 2.83. The van der Waals surface area contributed by atoms with Crippen molar-refractivity contribution in [2.24, 2.45) is 12.8 Å². The van der Waals surface area contributed by atoms with Gasteiger partial charge in [0.05, 0.1) is 17.1 Å². The van der Waals surface area contributed by atoms with Gasteiger partial charge in [-0.1, -0.05) is 12.1 Å². The Morgan fingerprint density at radius 1 is 1.37 bits per heavy atom. The topological polar surface area (TPSA) is 47.1 Å². The number of nitrogens with two attached hydrogens (primary N) is 1. The Morgan fingerprint density at radius 3 is 2.89 bits per heavy atom. The molecule has 0 saturated carbocycles. The van der Waals surface area contributed by atoms with E-state index in [1.807, 2.05) is 6.07 Å². The zero-order chi connectivity index (χ0) is 12.5. The fourth-order valence-electron chi connectivity index (χ4n) is 3.01. The maximum absolute atomic E-state index is 5.69. The lowest BCUT2D eigenvalue weighted by Crippen LogP contribution is -2.30. The van der Waals surface area contributed by atoms with Gasteiger partial charge in [0.2, 0.25) is 0 Å². The number of para-hydroxylation sites is 2. The number of hydrogen-bond donors (Lipinski definition) is 1. The van der Waals surface area contributed by atoms with Crippen molar-refractivity contribution in [2.75, 3.05) is 19.6 Å². The second-order valence-corrected chi connectivity index (χ2v) is 5.00. The molecule has 0 amide bonds. The number of hydrogen-bond acceptors (Lipinski definition) is 3. The first-order valence-corrected chi connectivity index (χ1v) is 6.66. The molecular formula is C14H21ClN4. The van der Waals surface area contributed by atoms with Crippen LogP contribution < -0.4 is 5.73 Å². The Hall–Kier alpha value is -1.10. The smallest absolute Gasteiger partial charge is 0.127 e. The van der Waals surface area contributed by atoms with E-state index >= 15 is 0 Å². The minimum absolute atomic E-state index is 0. The van der Waals surface area contributed by atoms with Crippen LogP contribution in [0.4, 0.5) is 0 Å². The van der Waals surface area contributed by atoms with Gasteiger partial charge in [0.15, 0.2) is 0 Å². The van der Waals surface area contributed by atoms with Gasteiger partial charge in [-0.05, 0) is 31.5 Å². The second kappa shape index (κ2) is 5.90. The fraction of sp³-hybridized carbons (Fsp3) is 0.500. The molecule has 0 bridgehead atoms. The zero-order valence-corrected chi connectivity index (χ0v) is 12.1. The molecule has 0 spiro atoms. The van der Waals surface area contributed by atoms with Crippen LogP contribution >= 0.6 is 12.4 Å². The highest BCUT2D eigenvalue weighted by molar-refractivity contribution is 5.85. The Morgan fingerprint density at radius 2 is 2.16 bits per heavy atom. The average Bonchev–Trinajstić information content (AvgIpc) is 2.96. The predicted molar refractivity (Wildman–Crippen MR) is 80.6 cm³/mol. The van der Waals surface area contributed by atoms with Gasteiger partial charge in [0, 0.05) is 20.1 Å². The number of rotatable bonds is 3. The molecule has 2 heterocycles. The van der Waals surface area contributed by atoms with E-state index in [1.165, 1.54) is 24.2 Å². The van der Waals surface area contributed by atoms with Crippen molar-refractivity contribution in [3.8, 4) is 0 Å². The summed E-state index contributed by atoms with van der Waals surface area (Å²) in [5.74, 6) is 1.18. The molecule has 1 fully saturated rings. The summed E-state index contributed by atoms with van der Waals surface area (Å²) >= 11 is 0. The first kappa shape index (κ1) is 14.3. The van der Waals surface area contributed by atoms with Crippen LogP contribution in [0.5, 0.6) is 0 Å². The Labute approximate surface area is 120 Å². The van der Waals surface area contributed by atoms with Crippen LogP contribution in [0.1, 0.15) is 24.7 Å². The van der Waals surface area contributed by atoms with Crippen LogP contribution in [0.15, 0.2) is 24.3 Å². The number of likely N-dealkylation sites (tertiary alicyclic amines) is 1. The predicted octanol–water partition coefficient (Wildman–Crippen LogP) is 2.09. The number of nitrogens with zero attached hydrogens (tertiary/aromatic N) is 3. The quantitative estimate of drug-likeness (QED) is 0.937. The first-order chi connectivity index (χ1) is 8.81. The lowest BCUT2D eigenvalue weighted by atomic mass is 10.2. The maximum atomic E-state index is 5.69. The number of imidazole rings is 1. The highest BCUT2D eigenvalue weighted by atomic mass is 35.5. The SMILES string of the molecule is Cl.Cn1c(C2CCCN2CCN)nc2ccccc21. The summed E-state index contributed by atoms with van der Waals surface area (Å²) in [7, 11) is 2.11. The van der Waals surface area contributed by atoms with Crippen molar-refractivity contribution in [3.05, 3.63) is 30.1 Å². The van der Waals surface area contributed by atoms with Crippen LogP contribution in [0.2, 0.25) is 0 Å². The van der Waals surface area contributed by atoms with Gasteiger partial charge in [-0.3, -0.25) is 4.90 Å². The lowest BCUT2D eigenvalue weighted by molar-refractivity contribution is 0.253. The van der Waals surface area contributed by atoms with Gasteiger partial charge < -0.3 is 10.3 Å². The van der Waals surface area contributed by atoms with Gasteiger partial charge in [-0.15, -0.1) is 12.4 Å². The van der Waals surface area contributed by atoms with Crippen molar-refractivity contribution in [1.29, 1.82) is 0 Å².